The van der Waals surface area contributed by atoms with Crippen LogP contribution in [-0.2, 0) is 11.3 Å². The van der Waals surface area contributed by atoms with Gasteiger partial charge >= 0.3 is 0 Å². The Morgan fingerprint density at radius 2 is 2.11 bits per heavy atom. The molecule has 0 aliphatic carbocycles. The molecule has 1 aromatic carbocycles. The molecule has 0 aliphatic heterocycles. The first-order valence-electron chi connectivity index (χ1n) is 5.87. The minimum Gasteiger partial charge on any atom is -0.337 e. The van der Waals surface area contributed by atoms with E-state index in [1.54, 1.807) is 17.0 Å². The molecule has 0 spiro atoms. The van der Waals surface area contributed by atoms with Crippen LogP contribution >= 0.6 is 12.4 Å². The summed E-state index contributed by atoms with van der Waals surface area (Å²) in [5.74, 6) is -0.370. The number of rotatable bonds is 5. The molecular formula is C13H20ClFN2O. The Balaban J connectivity index is 0.00000289. The van der Waals surface area contributed by atoms with Crippen molar-refractivity contribution in [2.24, 2.45) is 5.73 Å². The van der Waals surface area contributed by atoms with Gasteiger partial charge < -0.3 is 10.6 Å². The van der Waals surface area contributed by atoms with Crippen LogP contribution in [0.5, 0.6) is 0 Å². The van der Waals surface area contributed by atoms with Gasteiger partial charge in [-0.1, -0.05) is 19.1 Å². The van der Waals surface area contributed by atoms with Crippen molar-refractivity contribution in [1.29, 1.82) is 0 Å². The summed E-state index contributed by atoms with van der Waals surface area (Å²) in [6.45, 7) is 4.74. The Hall–Kier alpha value is -1.13. The largest absolute Gasteiger partial charge is 0.337 e. The summed E-state index contributed by atoms with van der Waals surface area (Å²) in [4.78, 5) is 13.5. The topological polar surface area (TPSA) is 46.3 Å². The van der Waals surface area contributed by atoms with Crippen molar-refractivity contribution in [2.45, 2.75) is 32.9 Å². The van der Waals surface area contributed by atoms with Crippen LogP contribution < -0.4 is 5.73 Å². The molecule has 0 saturated carbocycles. The molecule has 0 fully saturated rings. The molecule has 102 valence electrons. The summed E-state index contributed by atoms with van der Waals surface area (Å²) in [6, 6.07) is 5.80. The van der Waals surface area contributed by atoms with Gasteiger partial charge in [-0.25, -0.2) is 4.39 Å². The summed E-state index contributed by atoms with van der Waals surface area (Å²) < 4.78 is 13.0. The highest BCUT2D eigenvalue weighted by atomic mass is 35.5. The quantitative estimate of drug-likeness (QED) is 0.896. The third kappa shape index (κ3) is 4.63. The van der Waals surface area contributed by atoms with Crippen LogP contribution in [0.4, 0.5) is 4.39 Å². The third-order valence-electron chi connectivity index (χ3n) is 2.71. The highest BCUT2D eigenvalue weighted by Gasteiger charge is 2.18. The van der Waals surface area contributed by atoms with Crippen LogP contribution in [-0.4, -0.2) is 23.4 Å². The second-order valence-corrected chi connectivity index (χ2v) is 4.00. The molecule has 1 aromatic rings. The number of benzene rings is 1. The SMILES string of the molecule is CC[C@H](N)C(=O)N(CC)Cc1cccc(F)c1.Cl. The predicted octanol–water partition coefficient (Wildman–Crippen LogP) is 2.33. The third-order valence-corrected chi connectivity index (χ3v) is 2.71. The average Bonchev–Trinajstić information content (AvgIpc) is 2.34. The van der Waals surface area contributed by atoms with Crippen LogP contribution in [0.25, 0.3) is 0 Å². The fraction of sp³-hybridized carbons (Fsp3) is 0.462. The number of carbonyl (C=O) groups is 1. The lowest BCUT2D eigenvalue weighted by Crippen LogP contribution is -2.42. The second-order valence-electron chi connectivity index (χ2n) is 4.00. The lowest BCUT2D eigenvalue weighted by molar-refractivity contribution is -0.133. The van der Waals surface area contributed by atoms with Crippen LogP contribution in [0, 0.1) is 5.82 Å². The number of carbonyl (C=O) groups excluding carboxylic acids is 1. The molecule has 0 bridgehead atoms. The van der Waals surface area contributed by atoms with Crippen molar-refractivity contribution in [1.82, 2.24) is 4.90 Å². The maximum Gasteiger partial charge on any atom is 0.239 e. The zero-order chi connectivity index (χ0) is 12.8. The van der Waals surface area contributed by atoms with E-state index in [2.05, 4.69) is 0 Å². The van der Waals surface area contributed by atoms with E-state index in [4.69, 9.17) is 5.73 Å². The van der Waals surface area contributed by atoms with E-state index in [0.717, 1.165) is 5.56 Å². The molecule has 0 unspecified atom stereocenters. The summed E-state index contributed by atoms with van der Waals surface area (Å²) >= 11 is 0. The first kappa shape index (κ1) is 16.9. The zero-order valence-corrected chi connectivity index (χ0v) is 11.5. The van der Waals surface area contributed by atoms with E-state index < -0.39 is 6.04 Å². The van der Waals surface area contributed by atoms with Gasteiger partial charge in [0.1, 0.15) is 5.82 Å². The Morgan fingerprint density at radius 3 is 2.61 bits per heavy atom. The van der Waals surface area contributed by atoms with Gasteiger partial charge in [0.05, 0.1) is 6.04 Å². The second kappa shape index (κ2) is 8.06. The summed E-state index contributed by atoms with van der Waals surface area (Å²) in [5.41, 5.74) is 6.49. The number of nitrogens with zero attached hydrogens (tertiary/aromatic N) is 1. The Bertz CT molecular complexity index is 387. The van der Waals surface area contributed by atoms with E-state index >= 15 is 0 Å². The van der Waals surface area contributed by atoms with E-state index in [9.17, 15) is 9.18 Å². The van der Waals surface area contributed by atoms with Crippen LogP contribution in [0.2, 0.25) is 0 Å². The van der Waals surface area contributed by atoms with E-state index in [0.29, 0.717) is 19.5 Å². The number of hydrogen-bond acceptors (Lipinski definition) is 2. The summed E-state index contributed by atoms with van der Waals surface area (Å²) in [6.07, 6.45) is 0.610. The first-order valence-corrected chi connectivity index (χ1v) is 5.87. The average molecular weight is 275 g/mol. The van der Waals surface area contributed by atoms with Crippen molar-refractivity contribution in [3.63, 3.8) is 0 Å². The van der Waals surface area contributed by atoms with Crippen molar-refractivity contribution < 1.29 is 9.18 Å². The standard InChI is InChI=1S/C13H19FN2O.ClH/c1-3-12(15)13(17)16(4-2)9-10-6-5-7-11(14)8-10;/h5-8,12H,3-4,9,15H2,1-2H3;1H/t12-;/m0./s1. The molecule has 18 heavy (non-hydrogen) atoms. The van der Waals surface area contributed by atoms with E-state index in [1.807, 2.05) is 13.8 Å². The monoisotopic (exact) mass is 274 g/mol. The van der Waals surface area contributed by atoms with E-state index in [1.165, 1.54) is 12.1 Å². The van der Waals surface area contributed by atoms with Gasteiger partial charge in [0.15, 0.2) is 0 Å². The molecule has 0 heterocycles. The molecule has 1 amide bonds. The van der Waals surface area contributed by atoms with Gasteiger partial charge in [-0.3, -0.25) is 4.79 Å². The number of halogens is 2. The molecule has 0 radical (unpaired) electrons. The molecule has 1 rings (SSSR count). The van der Waals surface area contributed by atoms with Gasteiger partial charge in [-0.05, 0) is 31.0 Å². The van der Waals surface area contributed by atoms with Crippen molar-refractivity contribution in [2.75, 3.05) is 6.54 Å². The van der Waals surface area contributed by atoms with E-state index in [-0.39, 0.29) is 24.1 Å². The lowest BCUT2D eigenvalue weighted by Gasteiger charge is -2.23. The normalized spacial score (nSPS) is 11.6. The first-order chi connectivity index (χ1) is 8.08. The summed E-state index contributed by atoms with van der Waals surface area (Å²) in [7, 11) is 0. The molecule has 5 heteroatoms. The highest BCUT2D eigenvalue weighted by molar-refractivity contribution is 5.85. The molecule has 0 saturated heterocycles. The number of hydrogen-bond donors (Lipinski definition) is 1. The smallest absolute Gasteiger partial charge is 0.239 e. The lowest BCUT2D eigenvalue weighted by atomic mass is 10.1. The van der Waals surface area contributed by atoms with Gasteiger partial charge in [0.25, 0.3) is 0 Å². The van der Waals surface area contributed by atoms with Gasteiger partial charge in [-0.2, -0.15) is 0 Å². The Morgan fingerprint density at radius 1 is 1.44 bits per heavy atom. The fourth-order valence-electron chi connectivity index (χ4n) is 1.61. The van der Waals surface area contributed by atoms with Gasteiger partial charge in [0.2, 0.25) is 5.91 Å². The summed E-state index contributed by atoms with van der Waals surface area (Å²) in [5, 5.41) is 0. The maximum absolute atomic E-state index is 13.0. The molecule has 3 nitrogen and oxygen atoms in total. The zero-order valence-electron chi connectivity index (χ0n) is 10.7. The van der Waals surface area contributed by atoms with Crippen molar-refractivity contribution in [3.8, 4) is 0 Å². The minimum absolute atomic E-state index is 0. The molecule has 0 aliphatic rings. The predicted molar refractivity (Wildman–Crippen MR) is 73.0 cm³/mol. The molecule has 0 aromatic heterocycles. The Kier molecular flexibility index (Phi) is 7.55. The van der Waals surface area contributed by atoms with Crippen LogP contribution in [0.3, 0.4) is 0 Å². The van der Waals surface area contributed by atoms with Crippen molar-refractivity contribution >= 4 is 18.3 Å². The molecular weight excluding hydrogens is 255 g/mol. The number of nitrogens with two attached hydrogens (primary N) is 1. The van der Waals surface area contributed by atoms with Crippen LogP contribution in [0.1, 0.15) is 25.8 Å². The molecule has 2 N–H and O–H groups in total. The van der Waals surface area contributed by atoms with Gasteiger partial charge in [0, 0.05) is 13.1 Å². The number of amides is 1. The van der Waals surface area contributed by atoms with Gasteiger partial charge in [-0.15, -0.1) is 12.4 Å². The maximum atomic E-state index is 13.0. The Labute approximate surface area is 114 Å². The minimum atomic E-state index is -0.469. The fourth-order valence-corrected chi connectivity index (χ4v) is 1.61. The number of likely N-dealkylation sites (N-methyl/N-ethyl adjacent to an activating group) is 1. The molecule has 1 atom stereocenters. The van der Waals surface area contributed by atoms with Crippen molar-refractivity contribution in [3.05, 3.63) is 35.6 Å². The van der Waals surface area contributed by atoms with Crippen LogP contribution in [0.15, 0.2) is 24.3 Å². The highest BCUT2D eigenvalue weighted by Crippen LogP contribution is 2.08.